The Morgan fingerprint density at radius 2 is 1.65 bits per heavy atom. The van der Waals surface area contributed by atoms with E-state index in [9.17, 15) is 9.59 Å². The molecule has 0 fully saturated rings. The van der Waals surface area contributed by atoms with Crippen molar-refractivity contribution in [2.75, 3.05) is 13.1 Å². The Morgan fingerprint density at radius 1 is 1.00 bits per heavy atom. The number of carbonyl (C=O) groups excluding carboxylic acids is 2. The molecule has 0 aliphatic heterocycles. The fourth-order valence-corrected chi connectivity index (χ4v) is 2.75. The van der Waals surface area contributed by atoms with Gasteiger partial charge in [-0.15, -0.1) is 11.3 Å². The predicted molar refractivity (Wildman–Crippen MR) is 94.1 cm³/mol. The molecule has 0 aliphatic rings. The number of hydrogen-bond acceptors (Lipinski definition) is 3. The molecule has 0 saturated heterocycles. The van der Waals surface area contributed by atoms with E-state index in [0.29, 0.717) is 35.9 Å². The SMILES string of the molecule is CC(C)c1ccc(C(=O)NCCCNC(=O)c2cccs2)cc1. The van der Waals surface area contributed by atoms with Crippen molar-refractivity contribution in [1.29, 1.82) is 0 Å². The molecule has 2 rings (SSSR count). The van der Waals surface area contributed by atoms with Crippen LogP contribution in [0.3, 0.4) is 0 Å². The minimum atomic E-state index is -0.0788. The van der Waals surface area contributed by atoms with Crippen molar-refractivity contribution < 1.29 is 9.59 Å². The maximum atomic E-state index is 12.0. The van der Waals surface area contributed by atoms with Crippen molar-refractivity contribution in [3.63, 3.8) is 0 Å². The first-order chi connectivity index (χ1) is 11.1. The van der Waals surface area contributed by atoms with E-state index in [1.54, 1.807) is 6.07 Å². The molecule has 122 valence electrons. The first kappa shape index (κ1) is 17.2. The Morgan fingerprint density at radius 3 is 2.22 bits per heavy atom. The van der Waals surface area contributed by atoms with E-state index in [1.165, 1.54) is 16.9 Å². The molecule has 0 spiro atoms. The molecule has 0 bridgehead atoms. The standard InChI is InChI=1S/C18H22N2O2S/c1-13(2)14-6-8-15(9-7-14)17(21)19-10-4-11-20-18(22)16-5-3-12-23-16/h3,5-9,12-13H,4,10-11H2,1-2H3,(H,19,21)(H,20,22). The molecule has 2 N–H and O–H groups in total. The third-order valence-corrected chi connectivity index (χ3v) is 4.38. The van der Waals surface area contributed by atoms with Crippen molar-refractivity contribution in [2.24, 2.45) is 0 Å². The number of rotatable bonds is 7. The second kappa shape index (κ2) is 8.48. The third-order valence-electron chi connectivity index (χ3n) is 3.51. The van der Waals surface area contributed by atoms with Gasteiger partial charge < -0.3 is 10.6 Å². The summed E-state index contributed by atoms with van der Waals surface area (Å²) in [5.74, 6) is 0.319. The zero-order chi connectivity index (χ0) is 16.7. The topological polar surface area (TPSA) is 58.2 Å². The summed E-state index contributed by atoms with van der Waals surface area (Å²) in [4.78, 5) is 24.4. The van der Waals surface area contributed by atoms with Gasteiger partial charge in [0.25, 0.3) is 11.8 Å². The number of nitrogens with one attached hydrogen (secondary N) is 2. The molecule has 1 heterocycles. The molecular formula is C18H22N2O2S. The quantitative estimate of drug-likeness (QED) is 0.764. The molecule has 1 aromatic heterocycles. The second-order valence-corrected chi connectivity index (χ2v) is 6.57. The third kappa shape index (κ3) is 5.21. The summed E-state index contributed by atoms with van der Waals surface area (Å²) < 4.78 is 0. The number of benzene rings is 1. The van der Waals surface area contributed by atoms with Crippen LogP contribution in [0.4, 0.5) is 0 Å². The fourth-order valence-electron chi connectivity index (χ4n) is 2.11. The molecule has 4 nitrogen and oxygen atoms in total. The Bertz CT molecular complexity index is 634. The molecule has 2 amide bonds. The van der Waals surface area contributed by atoms with Gasteiger partial charge in [0.1, 0.15) is 0 Å². The summed E-state index contributed by atoms with van der Waals surface area (Å²) in [6, 6.07) is 11.3. The summed E-state index contributed by atoms with van der Waals surface area (Å²) in [5, 5.41) is 7.58. The fraction of sp³-hybridized carbons (Fsp3) is 0.333. The molecule has 23 heavy (non-hydrogen) atoms. The van der Waals surface area contributed by atoms with Gasteiger partial charge >= 0.3 is 0 Å². The van der Waals surface area contributed by atoms with E-state index in [2.05, 4.69) is 24.5 Å². The highest BCUT2D eigenvalue weighted by atomic mass is 32.1. The van der Waals surface area contributed by atoms with Crippen LogP contribution in [-0.4, -0.2) is 24.9 Å². The molecule has 2 aromatic rings. The van der Waals surface area contributed by atoms with Crippen LogP contribution in [0.1, 0.15) is 51.8 Å². The van der Waals surface area contributed by atoms with Crippen LogP contribution in [0.5, 0.6) is 0 Å². The molecule has 0 saturated carbocycles. The van der Waals surface area contributed by atoms with E-state index in [4.69, 9.17) is 0 Å². The van der Waals surface area contributed by atoms with Gasteiger partial charge in [-0.25, -0.2) is 0 Å². The molecule has 0 aliphatic carbocycles. The van der Waals surface area contributed by atoms with Crippen molar-refractivity contribution >= 4 is 23.2 Å². The van der Waals surface area contributed by atoms with Crippen LogP contribution >= 0.6 is 11.3 Å². The van der Waals surface area contributed by atoms with Gasteiger partial charge in [-0.1, -0.05) is 32.0 Å². The second-order valence-electron chi connectivity index (χ2n) is 5.62. The van der Waals surface area contributed by atoms with Crippen molar-refractivity contribution in [3.05, 3.63) is 57.8 Å². The van der Waals surface area contributed by atoms with Crippen molar-refractivity contribution in [1.82, 2.24) is 10.6 Å². The lowest BCUT2D eigenvalue weighted by Gasteiger charge is -2.08. The summed E-state index contributed by atoms with van der Waals surface area (Å²) in [5.41, 5.74) is 1.88. The van der Waals surface area contributed by atoms with Gasteiger partial charge in [0.05, 0.1) is 4.88 Å². The average Bonchev–Trinajstić information content (AvgIpc) is 3.08. The maximum absolute atomic E-state index is 12.0. The summed E-state index contributed by atoms with van der Waals surface area (Å²) in [6.45, 7) is 5.33. The van der Waals surface area contributed by atoms with E-state index >= 15 is 0 Å². The lowest BCUT2D eigenvalue weighted by molar-refractivity contribution is 0.0953. The molecule has 0 radical (unpaired) electrons. The summed E-state index contributed by atoms with van der Waals surface area (Å²) >= 11 is 1.42. The number of carbonyl (C=O) groups is 2. The zero-order valence-corrected chi connectivity index (χ0v) is 14.3. The molecule has 5 heteroatoms. The van der Waals surface area contributed by atoms with Gasteiger partial charge in [-0.3, -0.25) is 9.59 Å². The van der Waals surface area contributed by atoms with Gasteiger partial charge in [0.2, 0.25) is 0 Å². The van der Waals surface area contributed by atoms with Crippen LogP contribution in [0, 0.1) is 0 Å². The van der Waals surface area contributed by atoms with Crippen LogP contribution in [0.25, 0.3) is 0 Å². The number of hydrogen-bond donors (Lipinski definition) is 2. The highest BCUT2D eigenvalue weighted by molar-refractivity contribution is 7.12. The van der Waals surface area contributed by atoms with E-state index in [-0.39, 0.29) is 11.8 Å². The lowest BCUT2D eigenvalue weighted by Crippen LogP contribution is -2.29. The van der Waals surface area contributed by atoms with Gasteiger partial charge in [0.15, 0.2) is 0 Å². The van der Waals surface area contributed by atoms with Gasteiger partial charge in [-0.05, 0) is 41.5 Å². The first-order valence-corrected chi connectivity index (χ1v) is 8.65. The highest BCUT2D eigenvalue weighted by Gasteiger charge is 2.07. The van der Waals surface area contributed by atoms with Gasteiger partial charge in [0, 0.05) is 18.7 Å². The average molecular weight is 330 g/mol. The van der Waals surface area contributed by atoms with E-state index in [0.717, 1.165) is 0 Å². The Labute approximate surface area is 140 Å². The van der Waals surface area contributed by atoms with Gasteiger partial charge in [-0.2, -0.15) is 0 Å². The van der Waals surface area contributed by atoms with E-state index < -0.39 is 0 Å². The number of thiophene rings is 1. The first-order valence-electron chi connectivity index (χ1n) is 7.78. The Balaban J connectivity index is 1.67. The van der Waals surface area contributed by atoms with Crippen LogP contribution in [-0.2, 0) is 0 Å². The van der Waals surface area contributed by atoms with Crippen molar-refractivity contribution in [2.45, 2.75) is 26.2 Å². The molecule has 0 unspecified atom stereocenters. The Hall–Kier alpha value is -2.14. The smallest absolute Gasteiger partial charge is 0.261 e. The predicted octanol–water partition coefficient (Wildman–Crippen LogP) is 3.42. The largest absolute Gasteiger partial charge is 0.352 e. The normalized spacial score (nSPS) is 10.6. The van der Waals surface area contributed by atoms with Crippen molar-refractivity contribution in [3.8, 4) is 0 Å². The van der Waals surface area contributed by atoms with Crippen LogP contribution < -0.4 is 10.6 Å². The molecular weight excluding hydrogens is 308 g/mol. The Kier molecular flexibility index (Phi) is 6.35. The summed E-state index contributed by atoms with van der Waals surface area (Å²) in [6.07, 6.45) is 0.701. The highest BCUT2D eigenvalue weighted by Crippen LogP contribution is 2.14. The zero-order valence-electron chi connectivity index (χ0n) is 13.5. The monoisotopic (exact) mass is 330 g/mol. The molecule has 1 aromatic carbocycles. The minimum absolute atomic E-state index is 0.0596. The molecule has 0 atom stereocenters. The van der Waals surface area contributed by atoms with Crippen LogP contribution in [0.15, 0.2) is 41.8 Å². The van der Waals surface area contributed by atoms with Crippen LogP contribution in [0.2, 0.25) is 0 Å². The summed E-state index contributed by atoms with van der Waals surface area (Å²) in [7, 11) is 0. The minimum Gasteiger partial charge on any atom is -0.352 e. The lowest BCUT2D eigenvalue weighted by atomic mass is 10.0. The maximum Gasteiger partial charge on any atom is 0.261 e. The number of amides is 2. The van der Waals surface area contributed by atoms with E-state index in [1.807, 2.05) is 35.7 Å².